The van der Waals surface area contributed by atoms with E-state index >= 15 is 0 Å². The van der Waals surface area contributed by atoms with Crippen molar-refractivity contribution in [3.05, 3.63) is 39.8 Å². The molecule has 1 unspecified atom stereocenters. The number of thiazole rings is 1. The van der Waals surface area contributed by atoms with Gasteiger partial charge in [-0.3, -0.25) is 9.59 Å². The zero-order chi connectivity index (χ0) is 19.8. The molecule has 0 fully saturated rings. The predicted molar refractivity (Wildman–Crippen MR) is 108 cm³/mol. The highest BCUT2D eigenvalue weighted by Crippen LogP contribution is 2.23. The maximum atomic E-state index is 12.5. The summed E-state index contributed by atoms with van der Waals surface area (Å²) in [6.45, 7) is 1.33. The van der Waals surface area contributed by atoms with Crippen molar-refractivity contribution < 1.29 is 19.8 Å². The molecule has 2 amide bonds. The Kier molecular flexibility index (Phi) is 8.17. The molecule has 0 saturated heterocycles. The van der Waals surface area contributed by atoms with Crippen LogP contribution in [0.3, 0.4) is 0 Å². The molecule has 0 aliphatic heterocycles. The Morgan fingerprint density at radius 2 is 2.15 bits per heavy atom. The molecule has 27 heavy (non-hydrogen) atoms. The Hall–Kier alpha value is -2.01. The number of benzene rings is 1. The standard InChI is InChI=1S/C17H21BrN4O4S/c1-2-13(16(26)22-17-19-5-6-27-17)21-14-4-3-10(18)7-12(14)15(25)20-8-11(24)9-23/h3-7,11,13,21,23-24H,2,8-9H2,1H3,(H,20,25)(H,19,22,26)/t11?,13-/m1/s1. The van der Waals surface area contributed by atoms with E-state index < -0.39 is 24.7 Å². The van der Waals surface area contributed by atoms with Gasteiger partial charge >= 0.3 is 0 Å². The van der Waals surface area contributed by atoms with Crippen LogP contribution < -0.4 is 16.0 Å². The Morgan fingerprint density at radius 1 is 1.37 bits per heavy atom. The topological polar surface area (TPSA) is 124 Å². The number of halogens is 1. The number of amides is 2. The van der Waals surface area contributed by atoms with Gasteiger partial charge in [-0.1, -0.05) is 22.9 Å². The fraction of sp³-hybridized carbons (Fsp3) is 0.353. The van der Waals surface area contributed by atoms with Crippen molar-refractivity contribution in [3.8, 4) is 0 Å². The lowest BCUT2D eigenvalue weighted by Gasteiger charge is -2.20. The summed E-state index contributed by atoms with van der Waals surface area (Å²) in [5.41, 5.74) is 0.797. The molecule has 146 valence electrons. The molecule has 0 bridgehead atoms. The molecular formula is C17H21BrN4O4S. The van der Waals surface area contributed by atoms with Gasteiger partial charge in [0, 0.05) is 28.3 Å². The lowest BCUT2D eigenvalue weighted by atomic mass is 10.1. The van der Waals surface area contributed by atoms with E-state index in [4.69, 9.17) is 5.11 Å². The summed E-state index contributed by atoms with van der Waals surface area (Å²) in [6, 6.07) is 4.51. The van der Waals surface area contributed by atoms with E-state index in [2.05, 4.69) is 36.9 Å². The minimum Gasteiger partial charge on any atom is -0.394 e. The smallest absolute Gasteiger partial charge is 0.253 e. The van der Waals surface area contributed by atoms with E-state index in [1.54, 1.807) is 29.8 Å². The van der Waals surface area contributed by atoms with Crippen molar-refractivity contribution in [2.75, 3.05) is 23.8 Å². The Labute approximate surface area is 169 Å². The molecule has 2 atom stereocenters. The van der Waals surface area contributed by atoms with Crippen LogP contribution in [0.2, 0.25) is 0 Å². The molecule has 0 radical (unpaired) electrons. The van der Waals surface area contributed by atoms with E-state index in [0.717, 1.165) is 0 Å². The van der Waals surface area contributed by atoms with Gasteiger partial charge in [0.25, 0.3) is 5.91 Å². The number of aliphatic hydroxyl groups excluding tert-OH is 2. The maximum absolute atomic E-state index is 12.5. The van der Waals surface area contributed by atoms with E-state index in [1.807, 2.05) is 6.92 Å². The third kappa shape index (κ3) is 6.28. The number of hydrogen-bond acceptors (Lipinski definition) is 7. The number of aromatic nitrogens is 1. The molecule has 0 spiro atoms. The lowest BCUT2D eigenvalue weighted by Crippen LogP contribution is -2.36. The highest BCUT2D eigenvalue weighted by atomic mass is 79.9. The van der Waals surface area contributed by atoms with Crippen molar-refractivity contribution in [3.63, 3.8) is 0 Å². The van der Waals surface area contributed by atoms with Crippen molar-refractivity contribution in [2.24, 2.45) is 0 Å². The summed E-state index contributed by atoms with van der Waals surface area (Å²) in [5, 5.41) is 28.9. The predicted octanol–water partition coefficient (Wildman–Crippen LogP) is 1.82. The fourth-order valence-corrected chi connectivity index (χ4v) is 3.11. The first-order valence-corrected chi connectivity index (χ1v) is 9.95. The summed E-state index contributed by atoms with van der Waals surface area (Å²) >= 11 is 4.65. The van der Waals surface area contributed by atoms with E-state index in [-0.39, 0.29) is 12.5 Å². The van der Waals surface area contributed by atoms with Crippen LogP contribution in [-0.2, 0) is 4.79 Å². The zero-order valence-electron chi connectivity index (χ0n) is 14.6. The van der Waals surface area contributed by atoms with Gasteiger partial charge in [0.2, 0.25) is 5.91 Å². The van der Waals surface area contributed by atoms with E-state index in [0.29, 0.717) is 27.3 Å². The van der Waals surface area contributed by atoms with Crippen molar-refractivity contribution in [2.45, 2.75) is 25.5 Å². The van der Waals surface area contributed by atoms with Crippen LogP contribution in [0.1, 0.15) is 23.7 Å². The number of anilines is 2. The van der Waals surface area contributed by atoms with Crippen LogP contribution >= 0.6 is 27.3 Å². The first kappa shape index (κ1) is 21.3. The lowest BCUT2D eigenvalue weighted by molar-refractivity contribution is -0.117. The van der Waals surface area contributed by atoms with Gasteiger partial charge in [0.05, 0.1) is 18.3 Å². The normalized spacial score (nSPS) is 12.9. The number of rotatable bonds is 9. The monoisotopic (exact) mass is 456 g/mol. The maximum Gasteiger partial charge on any atom is 0.253 e. The minimum atomic E-state index is -1.04. The largest absolute Gasteiger partial charge is 0.394 e. The number of carbonyl (C=O) groups excluding carboxylic acids is 2. The van der Waals surface area contributed by atoms with Gasteiger partial charge in [-0.05, 0) is 24.6 Å². The molecule has 0 aliphatic carbocycles. The SMILES string of the molecule is CC[C@@H](Nc1ccc(Br)cc1C(=O)NCC(O)CO)C(=O)Nc1nccs1. The van der Waals surface area contributed by atoms with Crippen LogP contribution in [0.25, 0.3) is 0 Å². The van der Waals surface area contributed by atoms with Crippen LogP contribution in [0.15, 0.2) is 34.2 Å². The van der Waals surface area contributed by atoms with E-state index in [1.165, 1.54) is 11.3 Å². The van der Waals surface area contributed by atoms with Gasteiger partial charge in [0.15, 0.2) is 5.13 Å². The van der Waals surface area contributed by atoms with Crippen LogP contribution in [0.5, 0.6) is 0 Å². The molecule has 10 heteroatoms. The second-order valence-electron chi connectivity index (χ2n) is 5.67. The summed E-state index contributed by atoms with van der Waals surface area (Å²) in [5.74, 6) is -0.682. The first-order valence-electron chi connectivity index (χ1n) is 8.28. The van der Waals surface area contributed by atoms with Crippen molar-refractivity contribution in [1.82, 2.24) is 10.3 Å². The van der Waals surface area contributed by atoms with Gasteiger partial charge in [-0.25, -0.2) is 4.98 Å². The molecule has 8 nitrogen and oxygen atoms in total. The Balaban J connectivity index is 2.13. The third-order valence-corrected chi connectivity index (χ3v) is 4.83. The number of nitrogens with zero attached hydrogens (tertiary/aromatic N) is 1. The van der Waals surface area contributed by atoms with Crippen LogP contribution in [0.4, 0.5) is 10.8 Å². The second-order valence-corrected chi connectivity index (χ2v) is 7.48. The summed E-state index contributed by atoms with van der Waals surface area (Å²) in [4.78, 5) is 29.0. The number of nitrogens with one attached hydrogen (secondary N) is 3. The van der Waals surface area contributed by atoms with Crippen molar-refractivity contribution >= 4 is 49.9 Å². The van der Waals surface area contributed by atoms with E-state index in [9.17, 15) is 14.7 Å². The average Bonchev–Trinajstić information content (AvgIpc) is 3.17. The summed E-state index contributed by atoms with van der Waals surface area (Å²) < 4.78 is 0.696. The van der Waals surface area contributed by atoms with Gasteiger partial charge in [-0.15, -0.1) is 11.3 Å². The van der Waals surface area contributed by atoms with Gasteiger partial charge < -0.3 is 26.2 Å². The molecule has 2 aromatic rings. The minimum absolute atomic E-state index is 0.0803. The quantitative estimate of drug-likeness (QED) is 0.392. The zero-order valence-corrected chi connectivity index (χ0v) is 17.0. The van der Waals surface area contributed by atoms with Gasteiger partial charge in [0.1, 0.15) is 6.04 Å². The number of aliphatic hydroxyl groups is 2. The molecule has 0 aliphatic rings. The Bertz CT molecular complexity index is 772. The number of hydrogen-bond donors (Lipinski definition) is 5. The number of carbonyl (C=O) groups is 2. The second kappa shape index (κ2) is 10.4. The first-order chi connectivity index (χ1) is 12.9. The molecule has 1 heterocycles. The highest BCUT2D eigenvalue weighted by molar-refractivity contribution is 9.10. The van der Waals surface area contributed by atoms with Crippen molar-refractivity contribution in [1.29, 1.82) is 0 Å². The molecule has 2 rings (SSSR count). The summed E-state index contributed by atoms with van der Waals surface area (Å²) in [7, 11) is 0. The molecule has 1 aromatic heterocycles. The van der Waals surface area contributed by atoms with Gasteiger partial charge in [-0.2, -0.15) is 0 Å². The molecular weight excluding hydrogens is 436 g/mol. The third-order valence-electron chi connectivity index (χ3n) is 3.65. The highest BCUT2D eigenvalue weighted by Gasteiger charge is 2.21. The molecule has 1 aromatic carbocycles. The molecule has 5 N–H and O–H groups in total. The molecule has 0 saturated carbocycles. The Morgan fingerprint density at radius 3 is 2.78 bits per heavy atom. The summed E-state index contributed by atoms with van der Waals surface area (Å²) in [6.07, 6.45) is 1.06. The average molecular weight is 457 g/mol. The van der Waals surface area contributed by atoms with Crippen LogP contribution in [0, 0.1) is 0 Å². The van der Waals surface area contributed by atoms with Crippen LogP contribution in [-0.4, -0.2) is 52.3 Å². The fourth-order valence-electron chi connectivity index (χ4n) is 2.22.